The molecule has 7 heteroatoms. The summed E-state index contributed by atoms with van der Waals surface area (Å²) in [5.74, 6) is 0.720. The van der Waals surface area contributed by atoms with Crippen LogP contribution in [0.1, 0.15) is 26.3 Å². The Morgan fingerprint density at radius 1 is 1.12 bits per heavy atom. The van der Waals surface area contributed by atoms with Gasteiger partial charge in [-0.05, 0) is 32.9 Å². The van der Waals surface area contributed by atoms with Crippen LogP contribution in [0.15, 0.2) is 30.5 Å². The predicted molar refractivity (Wildman–Crippen MR) is 92.8 cm³/mol. The van der Waals surface area contributed by atoms with Gasteiger partial charge in [-0.15, -0.1) is 0 Å². The van der Waals surface area contributed by atoms with E-state index < -0.39 is 11.7 Å². The van der Waals surface area contributed by atoms with Gasteiger partial charge >= 0.3 is 12.1 Å². The average Bonchev–Trinajstić information content (AvgIpc) is 2.50. The molecule has 0 spiro atoms. The molecule has 0 heterocycles. The highest BCUT2D eigenvalue weighted by Gasteiger charge is 2.15. The van der Waals surface area contributed by atoms with E-state index in [9.17, 15) is 9.59 Å². The predicted octanol–water partition coefficient (Wildman–Crippen LogP) is 2.49. The second kappa shape index (κ2) is 9.44. The van der Waals surface area contributed by atoms with Crippen LogP contribution in [0.2, 0.25) is 0 Å². The second-order valence-electron chi connectivity index (χ2n) is 5.90. The summed E-state index contributed by atoms with van der Waals surface area (Å²) < 4.78 is 10.3. The van der Waals surface area contributed by atoms with E-state index in [-0.39, 0.29) is 19.1 Å². The number of rotatable bonds is 6. The topological polar surface area (TPSA) is 88.7 Å². The summed E-state index contributed by atoms with van der Waals surface area (Å²) in [4.78, 5) is 23.0. The van der Waals surface area contributed by atoms with Crippen molar-refractivity contribution in [2.75, 3.05) is 20.2 Å². The summed E-state index contributed by atoms with van der Waals surface area (Å²) in [5.41, 5.74) is 0.310. The Morgan fingerprint density at radius 3 is 2.46 bits per heavy atom. The van der Waals surface area contributed by atoms with Gasteiger partial charge in [-0.25, -0.2) is 9.59 Å². The van der Waals surface area contributed by atoms with Crippen molar-refractivity contribution >= 4 is 18.2 Å². The van der Waals surface area contributed by atoms with Gasteiger partial charge in [0.25, 0.3) is 0 Å². The maximum Gasteiger partial charge on any atom is 0.407 e. The monoisotopic (exact) mass is 335 g/mol. The van der Waals surface area contributed by atoms with E-state index in [0.29, 0.717) is 0 Å². The Balaban J connectivity index is 2.25. The van der Waals surface area contributed by atoms with E-state index in [1.807, 2.05) is 24.3 Å². The van der Waals surface area contributed by atoms with Gasteiger partial charge in [0.2, 0.25) is 0 Å². The average molecular weight is 335 g/mol. The molecule has 0 aliphatic heterocycles. The molecule has 0 aliphatic rings. The summed E-state index contributed by atoms with van der Waals surface area (Å²) in [6.45, 7) is 5.91. The van der Waals surface area contributed by atoms with E-state index in [4.69, 9.17) is 9.47 Å². The second-order valence-corrected chi connectivity index (χ2v) is 5.90. The normalized spacial score (nSPS) is 11.0. The molecule has 24 heavy (non-hydrogen) atoms. The highest BCUT2D eigenvalue weighted by atomic mass is 16.6. The van der Waals surface area contributed by atoms with Crippen LogP contribution < -0.4 is 20.7 Å². The lowest BCUT2D eigenvalue weighted by atomic mass is 10.2. The number of para-hydroxylation sites is 1. The molecule has 0 atom stereocenters. The van der Waals surface area contributed by atoms with Crippen LogP contribution in [0.4, 0.5) is 9.59 Å². The van der Waals surface area contributed by atoms with Gasteiger partial charge in [0.05, 0.1) is 7.11 Å². The van der Waals surface area contributed by atoms with E-state index in [0.717, 1.165) is 11.3 Å². The summed E-state index contributed by atoms with van der Waals surface area (Å²) in [5, 5.41) is 7.74. The lowest BCUT2D eigenvalue weighted by Gasteiger charge is -2.19. The van der Waals surface area contributed by atoms with Gasteiger partial charge in [-0.2, -0.15) is 0 Å². The van der Waals surface area contributed by atoms with Crippen LogP contribution in [0, 0.1) is 0 Å². The maximum absolute atomic E-state index is 11.6. The van der Waals surface area contributed by atoms with Gasteiger partial charge < -0.3 is 25.4 Å². The number of methoxy groups -OCH3 is 1. The molecule has 0 bridgehead atoms. The van der Waals surface area contributed by atoms with Crippen LogP contribution in [0.3, 0.4) is 0 Å². The van der Waals surface area contributed by atoms with Crippen molar-refractivity contribution in [1.82, 2.24) is 16.0 Å². The summed E-state index contributed by atoms with van der Waals surface area (Å²) in [6, 6.07) is 7.09. The molecule has 7 nitrogen and oxygen atoms in total. The van der Waals surface area contributed by atoms with Gasteiger partial charge in [0.1, 0.15) is 11.4 Å². The number of nitrogens with one attached hydrogen (secondary N) is 3. The Morgan fingerprint density at radius 2 is 1.79 bits per heavy atom. The third-order valence-corrected chi connectivity index (χ3v) is 2.70. The molecule has 1 rings (SSSR count). The van der Waals surface area contributed by atoms with Gasteiger partial charge in [0, 0.05) is 24.9 Å². The molecule has 0 saturated carbocycles. The van der Waals surface area contributed by atoms with Gasteiger partial charge in [0.15, 0.2) is 0 Å². The molecule has 3 amide bonds. The standard InChI is InChI=1S/C17H25N3O4/c1-17(2,3)24-16(22)20-12-11-19-15(21)18-10-9-13-7-5-6-8-14(13)23-4/h5-10H,11-12H2,1-4H3,(H,20,22)(H2,18,19,21)/b10-9+. The number of hydrogen-bond acceptors (Lipinski definition) is 4. The molecular weight excluding hydrogens is 310 g/mol. The fourth-order valence-electron chi connectivity index (χ4n) is 1.72. The Bertz CT molecular complexity index is 579. The Kier molecular flexibility index (Phi) is 7.61. The number of carbonyl (C=O) groups is 2. The number of carbonyl (C=O) groups excluding carboxylic acids is 2. The molecule has 3 N–H and O–H groups in total. The number of urea groups is 1. The Hall–Kier alpha value is -2.70. The summed E-state index contributed by atoms with van der Waals surface area (Å²) >= 11 is 0. The quantitative estimate of drug-likeness (QED) is 0.697. The zero-order valence-corrected chi connectivity index (χ0v) is 14.5. The number of ether oxygens (including phenoxy) is 2. The van der Waals surface area contributed by atoms with Crippen LogP contribution in [-0.4, -0.2) is 37.9 Å². The molecule has 0 unspecified atom stereocenters. The lowest BCUT2D eigenvalue weighted by Crippen LogP contribution is -2.40. The largest absolute Gasteiger partial charge is 0.496 e. The molecule has 0 aliphatic carbocycles. The van der Waals surface area contributed by atoms with Crippen molar-refractivity contribution < 1.29 is 19.1 Å². The molecule has 0 radical (unpaired) electrons. The van der Waals surface area contributed by atoms with Crippen LogP contribution >= 0.6 is 0 Å². The number of benzene rings is 1. The van der Waals surface area contributed by atoms with E-state index in [1.165, 1.54) is 6.20 Å². The molecule has 0 saturated heterocycles. The molecule has 0 fully saturated rings. The van der Waals surface area contributed by atoms with Crippen molar-refractivity contribution in [2.24, 2.45) is 0 Å². The SMILES string of the molecule is COc1ccccc1/C=C/NC(=O)NCCNC(=O)OC(C)(C)C. The number of hydrogen-bond donors (Lipinski definition) is 3. The zero-order valence-electron chi connectivity index (χ0n) is 14.5. The van der Waals surface area contributed by atoms with Crippen molar-refractivity contribution in [3.63, 3.8) is 0 Å². The van der Waals surface area contributed by atoms with Crippen LogP contribution in [0.5, 0.6) is 5.75 Å². The van der Waals surface area contributed by atoms with Gasteiger partial charge in [-0.1, -0.05) is 18.2 Å². The maximum atomic E-state index is 11.6. The molecule has 1 aromatic rings. The van der Waals surface area contributed by atoms with E-state index >= 15 is 0 Å². The van der Waals surface area contributed by atoms with Crippen LogP contribution in [0.25, 0.3) is 6.08 Å². The Labute approximate surface area is 142 Å². The van der Waals surface area contributed by atoms with Gasteiger partial charge in [-0.3, -0.25) is 0 Å². The zero-order chi connectivity index (χ0) is 18.0. The van der Waals surface area contributed by atoms with Crippen molar-refractivity contribution in [2.45, 2.75) is 26.4 Å². The number of alkyl carbamates (subject to hydrolysis) is 1. The highest BCUT2D eigenvalue weighted by Crippen LogP contribution is 2.18. The minimum Gasteiger partial charge on any atom is -0.496 e. The van der Waals surface area contributed by atoms with Crippen molar-refractivity contribution in [3.8, 4) is 5.75 Å². The minimum absolute atomic E-state index is 0.276. The lowest BCUT2D eigenvalue weighted by molar-refractivity contribution is 0.0528. The van der Waals surface area contributed by atoms with E-state index in [1.54, 1.807) is 34.0 Å². The fraction of sp³-hybridized carbons (Fsp3) is 0.412. The van der Waals surface area contributed by atoms with Crippen molar-refractivity contribution in [3.05, 3.63) is 36.0 Å². The first kappa shape index (κ1) is 19.3. The van der Waals surface area contributed by atoms with Crippen LogP contribution in [-0.2, 0) is 4.74 Å². The first-order valence-electron chi connectivity index (χ1n) is 7.62. The first-order valence-corrected chi connectivity index (χ1v) is 7.62. The third-order valence-electron chi connectivity index (χ3n) is 2.70. The molecule has 0 aromatic heterocycles. The van der Waals surface area contributed by atoms with Crippen molar-refractivity contribution in [1.29, 1.82) is 0 Å². The smallest absolute Gasteiger partial charge is 0.407 e. The fourth-order valence-corrected chi connectivity index (χ4v) is 1.72. The molecule has 1 aromatic carbocycles. The number of amides is 3. The molecule has 132 valence electrons. The summed E-state index contributed by atoms with van der Waals surface area (Å²) in [6.07, 6.45) is 2.74. The third kappa shape index (κ3) is 8.07. The summed E-state index contributed by atoms with van der Waals surface area (Å²) in [7, 11) is 1.59. The molecular formula is C17H25N3O4. The first-order chi connectivity index (χ1) is 11.3. The minimum atomic E-state index is -0.543. The highest BCUT2D eigenvalue weighted by molar-refractivity contribution is 5.76. The van der Waals surface area contributed by atoms with E-state index in [2.05, 4.69) is 16.0 Å².